The lowest BCUT2D eigenvalue weighted by Gasteiger charge is -2.32. The first kappa shape index (κ1) is 16.8. The molecule has 1 N–H and O–H groups in total. The van der Waals surface area contributed by atoms with Gasteiger partial charge in [-0.3, -0.25) is 9.78 Å². The maximum atomic E-state index is 12.3. The van der Waals surface area contributed by atoms with Crippen molar-refractivity contribution in [1.29, 1.82) is 0 Å². The number of ether oxygens (including phenoxy) is 1. The van der Waals surface area contributed by atoms with Crippen LogP contribution in [0.2, 0.25) is 0 Å². The zero-order valence-electron chi connectivity index (χ0n) is 14.5. The van der Waals surface area contributed by atoms with Crippen LogP contribution in [-0.2, 0) is 0 Å². The molecule has 4 rings (SSSR count). The summed E-state index contributed by atoms with van der Waals surface area (Å²) in [6.07, 6.45) is 5.10. The number of thiazole rings is 1. The number of benzene rings is 1. The van der Waals surface area contributed by atoms with E-state index in [1.807, 2.05) is 18.2 Å². The zero-order chi connectivity index (χ0) is 17.9. The van der Waals surface area contributed by atoms with Crippen molar-refractivity contribution in [2.45, 2.75) is 18.9 Å². The minimum atomic E-state index is -0.0297. The molecule has 6 nitrogen and oxygen atoms in total. The molecule has 0 spiro atoms. The first-order valence-corrected chi connectivity index (χ1v) is 9.45. The van der Waals surface area contributed by atoms with E-state index >= 15 is 0 Å². The topological polar surface area (TPSA) is 67.3 Å². The van der Waals surface area contributed by atoms with Crippen molar-refractivity contribution in [3.05, 3.63) is 48.3 Å². The van der Waals surface area contributed by atoms with Crippen LogP contribution in [0.4, 0.5) is 5.13 Å². The number of rotatable bonds is 4. The van der Waals surface area contributed by atoms with Crippen molar-refractivity contribution < 1.29 is 9.53 Å². The second kappa shape index (κ2) is 7.29. The maximum Gasteiger partial charge on any atom is 0.251 e. The van der Waals surface area contributed by atoms with Crippen LogP contribution >= 0.6 is 11.3 Å². The van der Waals surface area contributed by atoms with Crippen LogP contribution in [0.5, 0.6) is 5.75 Å². The Morgan fingerprint density at radius 2 is 2.00 bits per heavy atom. The summed E-state index contributed by atoms with van der Waals surface area (Å²) in [4.78, 5) is 23.3. The lowest BCUT2D eigenvalue weighted by atomic mass is 10.0. The predicted octanol–water partition coefficient (Wildman–Crippen LogP) is 3.10. The first-order chi connectivity index (χ1) is 12.7. The van der Waals surface area contributed by atoms with Gasteiger partial charge in [0, 0.05) is 37.1 Å². The summed E-state index contributed by atoms with van der Waals surface area (Å²) in [6.45, 7) is 1.77. The van der Waals surface area contributed by atoms with E-state index < -0.39 is 0 Å². The third-order valence-electron chi connectivity index (χ3n) is 4.63. The van der Waals surface area contributed by atoms with E-state index in [4.69, 9.17) is 9.72 Å². The molecule has 0 unspecified atom stereocenters. The summed E-state index contributed by atoms with van der Waals surface area (Å²) in [5.74, 6) is 0.822. The second-order valence-electron chi connectivity index (χ2n) is 6.30. The standard InChI is InChI=1S/C19H20N4O2S/c1-25-15-2-3-16-17(12-15)26-19(22-16)23-10-6-14(7-11-23)21-18(24)13-4-8-20-9-5-13/h2-5,8-9,12,14H,6-7,10-11H2,1H3,(H,21,24). The Bertz CT molecular complexity index is 904. The van der Waals surface area contributed by atoms with Gasteiger partial charge in [0.25, 0.3) is 5.91 Å². The third kappa shape index (κ3) is 3.48. The number of aromatic nitrogens is 2. The van der Waals surface area contributed by atoms with Gasteiger partial charge in [-0.25, -0.2) is 4.98 Å². The lowest BCUT2D eigenvalue weighted by Crippen LogP contribution is -2.44. The number of carbonyl (C=O) groups excluding carboxylic acids is 1. The monoisotopic (exact) mass is 368 g/mol. The normalized spacial score (nSPS) is 15.2. The Kier molecular flexibility index (Phi) is 4.71. The largest absolute Gasteiger partial charge is 0.497 e. The SMILES string of the molecule is COc1ccc2nc(N3CCC(NC(=O)c4ccncc4)CC3)sc2c1. The highest BCUT2D eigenvalue weighted by Crippen LogP contribution is 2.32. The Labute approximate surface area is 155 Å². The predicted molar refractivity (Wildman–Crippen MR) is 103 cm³/mol. The van der Waals surface area contributed by atoms with Gasteiger partial charge in [-0.1, -0.05) is 11.3 Å². The quantitative estimate of drug-likeness (QED) is 0.766. The summed E-state index contributed by atoms with van der Waals surface area (Å²) in [5, 5.41) is 4.16. The van der Waals surface area contributed by atoms with Crippen LogP contribution in [0.1, 0.15) is 23.2 Å². The van der Waals surface area contributed by atoms with Crippen molar-refractivity contribution in [1.82, 2.24) is 15.3 Å². The van der Waals surface area contributed by atoms with E-state index in [2.05, 4.69) is 15.2 Å². The average molecular weight is 368 g/mol. The van der Waals surface area contributed by atoms with Gasteiger partial charge in [-0.2, -0.15) is 0 Å². The zero-order valence-corrected chi connectivity index (χ0v) is 15.3. The van der Waals surface area contributed by atoms with Crippen LogP contribution in [0, 0.1) is 0 Å². The van der Waals surface area contributed by atoms with Gasteiger partial charge in [-0.15, -0.1) is 0 Å². The lowest BCUT2D eigenvalue weighted by molar-refractivity contribution is 0.0931. The molecule has 1 fully saturated rings. The molecule has 1 aliphatic rings. The molecule has 1 amide bonds. The fraction of sp³-hybridized carbons (Fsp3) is 0.316. The number of hydrogen-bond acceptors (Lipinski definition) is 6. The second-order valence-corrected chi connectivity index (χ2v) is 7.31. The van der Waals surface area contributed by atoms with E-state index in [9.17, 15) is 4.79 Å². The van der Waals surface area contributed by atoms with Gasteiger partial charge in [-0.05, 0) is 43.2 Å². The van der Waals surface area contributed by atoms with Gasteiger partial charge in [0.1, 0.15) is 5.75 Å². The van der Waals surface area contributed by atoms with Crippen LogP contribution in [0.3, 0.4) is 0 Å². The van der Waals surface area contributed by atoms with E-state index in [1.165, 1.54) is 0 Å². The highest BCUT2D eigenvalue weighted by atomic mass is 32.1. The summed E-state index contributed by atoms with van der Waals surface area (Å²) in [6, 6.07) is 9.63. The summed E-state index contributed by atoms with van der Waals surface area (Å²) in [7, 11) is 1.67. The van der Waals surface area contributed by atoms with Crippen LogP contribution in [-0.4, -0.2) is 42.1 Å². The van der Waals surface area contributed by atoms with Crippen molar-refractivity contribution in [2.75, 3.05) is 25.1 Å². The Balaban J connectivity index is 1.38. The van der Waals surface area contributed by atoms with Gasteiger partial charge in [0.15, 0.2) is 5.13 Å². The molecule has 0 radical (unpaired) electrons. The van der Waals surface area contributed by atoms with E-state index in [1.54, 1.807) is 43.0 Å². The van der Waals surface area contributed by atoms with Crippen molar-refractivity contribution in [3.8, 4) is 5.75 Å². The number of anilines is 1. The fourth-order valence-corrected chi connectivity index (χ4v) is 4.19. The van der Waals surface area contributed by atoms with Crippen molar-refractivity contribution in [3.63, 3.8) is 0 Å². The number of nitrogens with zero attached hydrogens (tertiary/aromatic N) is 3. The molecule has 0 aliphatic carbocycles. The van der Waals surface area contributed by atoms with Gasteiger partial charge in [0.2, 0.25) is 0 Å². The van der Waals surface area contributed by atoms with E-state index in [-0.39, 0.29) is 11.9 Å². The highest BCUT2D eigenvalue weighted by Gasteiger charge is 2.23. The van der Waals surface area contributed by atoms with Gasteiger partial charge in [0.05, 0.1) is 17.3 Å². The number of piperidine rings is 1. The van der Waals surface area contributed by atoms with Gasteiger partial charge >= 0.3 is 0 Å². The summed E-state index contributed by atoms with van der Waals surface area (Å²) >= 11 is 1.69. The molecular weight excluding hydrogens is 348 g/mol. The summed E-state index contributed by atoms with van der Waals surface area (Å²) < 4.78 is 6.42. The van der Waals surface area contributed by atoms with Gasteiger partial charge < -0.3 is 15.0 Å². The molecule has 3 heterocycles. The first-order valence-electron chi connectivity index (χ1n) is 8.63. The molecule has 7 heteroatoms. The molecule has 3 aromatic rings. The number of fused-ring (bicyclic) bond motifs is 1. The minimum Gasteiger partial charge on any atom is -0.497 e. The van der Waals surface area contributed by atoms with E-state index in [0.717, 1.165) is 47.0 Å². The molecule has 2 aromatic heterocycles. The maximum absolute atomic E-state index is 12.3. The number of methoxy groups -OCH3 is 1. The van der Waals surface area contributed by atoms with Crippen LogP contribution < -0.4 is 15.0 Å². The molecule has 134 valence electrons. The molecule has 26 heavy (non-hydrogen) atoms. The number of carbonyl (C=O) groups is 1. The number of hydrogen-bond donors (Lipinski definition) is 1. The minimum absolute atomic E-state index is 0.0297. The number of nitrogens with one attached hydrogen (secondary N) is 1. The highest BCUT2D eigenvalue weighted by molar-refractivity contribution is 7.22. The number of pyridine rings is 1. The Morgan fingerprint density at radius 1 is 1.23 bits per heavy atom. The molecule has 1 aromatic carbocycles. The third-order valence-corrected chi connectivity index (χ3v) is 5.71. The van der Waals surface area contributed by atoms with Crippen molar-refractivity contribution in [2.24, 2.45) is 0 Å². The average Bonchev–Trinajstić information content (AvgIpc) is 3.12. The Hall–Kier alpha value is -2.67. The van der Waals surface area contributed by atoms with E-state index in [0.29, 0.717) is 5.56 Å². The molecule has 0 saturated carbocycles. The van der Waals surface area contributed by atoms with Crippen LogP contribution in [0.15, 0.2) is 42.7 Å². The Morgan fingerprint density at radius 3 is 2.73 bits per heavy atom. The molecule has 0 bridgehead atoms. The fourth-order valence-electron chi connectivity index (χ4n) is 3.14. The molecule has 0 atom stereocenters. The number of amides is 1. The summed E-state index contributed by atoms with van der Waals surface area (Å²) in [5.41, 5.74) is 1.65. The molecular formula is C19H20N4O2S. The molecule has 1 saturated heterocycles. The molecule has 1 aliphatic heterocycles. The van der Waals surface area contributed by atoms with Crippen molar-refractivity contribution >= 4 is 32.6 Å². The smallest absolute Gasteiger partial charge is 0.251 e. The van der Waals surface area contributed by atoms with Crippen LogP contribution in [0.25, 0.3) is 10.2 Å².